The number of anilines is 2. The van der Waals surface area contributed by atoms with Crippen molar-refractivity contribution in [2.45, 2.75) is 18.7 Å². The fraction of sp³-hybridized carbons (Fsp3) is 0.263. The number of carbonyl (C=O) groups is 2. The monoisotopic (exact) mass is 486 g/mol. The van der Waals surface area contributed by atoms with Gasteiger partial charge in [0.1, 0.15) is 0 Å². The Morgan fingerprint density at radius 1 is 1.16 bits per heavy atom. The molecule has 1 N–H and O–H groups in total. The van der Waals surface area contributed by atoms with Crippen molar-refractivity contribution in [1.82, 2.24) is 0 Å². The molecule has 166 valence electrons. The van der Waals surface area contributed by atoms with Crippen LogP contribution >= 0.6 is 11.6 Å². The van der Waals surface area contributed by atoms with Gasteiger partial charge < -0.3 is 4.74 Å². The average molecular weight is 487 g/mol. The fourth-order valence-electron chi connectivity index (χ4n) is 3.07. The maximum absolute atomic E-state index is 12.7. The lowest BCUT2D eigenvalue weighted by Gasteiger charge is -2.18. The first-order chi connectivity index (χ1) is 14.3. The summed E-state index contributed by atoms with van der Waals surface area (Å²) in [5.41, 5.74) is -0.972. The van der Waals surface area contributed by atoms with Gasteiger partial charge in [0, 0.05) is 0 Å². The summed E-state index contributed by atoms with van der Waals surface area (Å²) in [6.45, 7) is 3.06. The number of benzene rings is 2. The minimum atomic E-state index is -4.13. The van der Waals surface area contributed by atoms with Crippen molar-refractivity contribution in [3.63, 3.8) is 0 Å². The van der Waals surface area contributed by atoms with Crippen LogP contribution in [0.25, 0.3) is 0 Å². The number of sulfonamides is 2. The van der Waals surface area contributed by atoms with Crippen molar-refractivity contribution in [3.8, 4) is 0 Å². The molecular weight excluding hydrogens is 468 g/mol. The number of rotatable bonds is 5. The number of ether oxygens (including phenoxy) is 1. The van der Waals surface area contributed by atoms with Crippen LogP contribution in [0.5, 0.6) is 0 Å². The van der Waals surface area contributed by atoms with Crippen LogP contribution < -0.4 is 9.03 Å². The summed E-state index contributed by atoms with van der Waals surface area (Å²) >= 11 is 6.03. The molecule has 0 aromatic heterocycles. The van der Waals surface area contributed by atoms with Gasteiger partial charge in [-0.2, -0.15) is 0 Å². The highest BCUT2D eigenvalue weighted by Gasteiger charge is 2.49. The van der Waals surface area contributed by atoms with Gasteiger partial charge in [0.2, 0.25) is 15.9 Å². The molecule has 0 unspecified atom stereocenters. The molecule has 3 rings (SSSR count). The molecule has 0 saturated carbocycles. The van der Waals surface area contributed by atoms with Crippen molar-refractivity contribution < 1.29 is 31.2 Å². The molecule has 1 fully saturated rings. The smallest absolute Gasteiger partial charge is 0.337 e. The third-order valence-electron chi connectivity index (χ3n) is 4.60. The van der Waals surface area contributed by atoms with Crippen molar-refractivity contribution in [1.29, 1.82) is 0 Å². The van der Waals surface area contributed by atoms with Crippen molar-refractivity contribution in [2.75, 3.05) is 21.9 Å². The van der Waals surface area contributed by atoms with Crippen LogP contribution in [-0.4, -0.2) is 41.6 Å². The number of esters is 1. The van der Waals surface area contributed by atoms with E-state index in [2.05, 4.69) is 9.46 Å². The summed E-state index contributed by atoms with van der Waals surface area (Å²) < 4.78 is 57.8. The van der Waals surface area contributed by atoms with E-state index in [0.717, 1.165) is 0 Å². The zero-order valence-electron chi connectivity index (χ0n) is 16.7. The zero-order chi connectivity index (χ0) is 23.2. The van der Waals surface area contributed by atoms with Gasteiger partial charge in [-0.15, -0.1) is 0 Å². The van der Waals surface area contributed by atoms with Crippen LogP contribution in [0.1, 0.15) is 24.2 Å². The van der Waals surface area contributed by atoms with Crippen LogP contribution in [0.15, 0.2) is 47.4 Å². The van der Waals surface area contributed by atoms with Gasteiger partial charge in [-0.3, -0.25) is 9.52 Å². The highest BCUT2D eigenvalue weighted by atomic mass is 35.5. The molecule has 0 radical (unpaired) electrons. The van der Waals surface area contributed by atoms with Gasteiger partial charge in [-0.25, -0.2) is 25.9 Å². The van der Waals surface area contributed by atoms with E-state index in [4.69, 9.17) is 11.6 Å². The highest BCUT2D eigenvalue weighted by Crippen LogP contribution is 2.36. The second-order valence-electron chi connectivity index (χ2n) is 7.50. The minimum absolute atomic E-state index is 0.0345. The Kier molecular flexibility index (Phi) is 5.80. The van der Waals surface area contributed by atoms with E-state index >= 15 is 0 Å². The predicted molar refractivity (Wildman–Crippen MR) is 115 cm³/mol. The highest BCUT2D eigenvalue weighted by molar-refractivity contribution is 7.94. The van der Waals surface area contributed by atoms with E-state index in [1.54, 1.807) is 0 Å². The summed E-state index contributed by atoms with van der Waals surface area (Å²) in [4.78, 5) is 24.0. The van der Waals surface area contributed by atoms with E-state index in [-0.39, 0.29) is 32.6 Å². The zero-order valence-corrected chi connectivity index (χ0v) is 19.1. The number of nitrogens with zero attached hydrogens (tertiary/aromatic N) is 1. The largest absolute Gasteiger partial charge is 0.465 e. The molecule has 31 heavy (non-hydrogen) atoms. The molecule has 1 amide bonds. The second kappa shape index (κ2) is 7.81. The normalized spacial score (nSPS) is 17.4. The average Bonchev–Trinajstić information content (AvgIpc) is 2.85. The Morgan fingerprint density at radius 3 is 2.29 bits per heavy atom. The number of nitrogens with one attached hydrogen (secondary N) is 1. The molecule has 1 aliphatic heterocycles. The van der Waals surface area contributed by atoms with Crippen LogP contribution in [0.2, 0.25) is 5.02 Å². The lowest BCUT2D eigenvalue weighted by molar-refractivity contribution is -0.123. The first kappa shape index (κ1) is 23.0. The maximum Gasteiger partial charge on any atom is 0.337 e. The molecule has 9 nitrogen and oxygen atoms in total. The molecule has 0 aliphatic carbocycles. The quantitative estimate of drug-likeness (QED) is 0.643. The summed E-state index contributed by atoms with van der Waals surface area (Å²) in [6, 6.07) is 8.78. The van der Waals surface area contributed by atoms with Gasteiger partial charge in [-0.1, -0.05) is 11.6 Å². The molecule has 2 aromatic carbocycles. The van der Waals surface area contributed by atoms with Gasteiger partial charge in [-0.05, 0) is 56.3 Å². The Balaban J connectivity index is 1.91. The summed E-state index contributed by atoms with van der Waals surface area (Å²) in [5.74, 6) is -1.59. The maximum atomic E-state index is 12.7. The molecule has 1 aliphatic rings. The number of hydrogen-bond donors (Lipinski definition) is 1. The number of amides is 1. The molecule has 0 spiro atoms. The van der Waals surface area contributed by atoms with Gasteiger partial charge >= 0.3 is 5.97 Å². The first-order valence-corrected chi connectivity index (χ1v) is 12.3. The van der Waals surface area contributed by atoms with Crippen LogP contribution in [0.3, 0.4) is 0 Å². The standard InChI is InChI=1S/C19H19ClN2O7S2/c1-19(2)11-30(25,26)22(18(19)24)13-5-7-14(8-6-13)31(27,28)21-16-10-12(17(23)29-3)4-9-15(16)20/h4-10,21H,11H2,1-3H3. The van der Waals surface area contributed by atoms with E-state index < -0.39 is 37.3 Å². The Morgan fingerprint density at radius 2 is 1.77 bits per heavy atom. The number of carbonyl (C=O) groups excluding carboxylic acids is 2. The fourth-order valence-corrected chi connectivity index (χ4v) is 6.47. The van der Waals surface area contributed by atoms with E-state index in [1.807, 2.05) is 0 Å². The third kappa shape index (κ3) is 4.39. The SMILES string of the molecule is COC(=O)c1ccc(Cl)c(NS(=O)(=O)c2ccc(N3C(=O)C(C)(C)CS3(=O)=O)cc2)c1. The van der Waals surface area contributed by atoms with Crippen molar-refractivity contribution in [2.24, 2.45) is 5.41 Å². The van der Waals surface area contributed by atoms with Crippen molar-refractivity contribution >= 4 is 54.9 Å². The minimum Gasteiger partial charge on any atom is -0.465 e. The molecular formula is C19H19ClN2O7S2. The van der Waals surface area contributed by atoms with E-state index in [9.17, 15) is 26.4 Å². The number of halogens is 1. The molecule has 0 bridgehead atoms. The van der Waals surface area contributed by atoms with Gasteiger partial charge in [0.15, 0.2) is 0 Å². The van der Waals surface area contributed by atoms with Gasteiger partial charge in [0.25, 0.3) is 10.0 Å². The third-order valence-corrected chi connectivity index (χ3v) is 8.33. The molecule has 0 atom stereocenters. The molecule has 1 heterocycles. The predicted octanol–water partition coefficient (Wildman–Crippen LogP) is 2.63. The Bertz CT molecular complexity index is 1270. The van der Waals surface area contributed by atoms with E-state index in [1.165, 1.54) is 63.4 Å². The summed E-state index contributed by atoms with van der Waals surface area (Å²) in [7, 11) is -6.80. The Hall–Kier alpha value is -2.63. The first-order valence-electron chi connectivity index (χ1n) is 8.87. The Labute approximate surface area is 185 Å². The number of methoxy groups -OCH3 is 1. The number of hydrogen-bond acceptors (Lipinski definition) is 7. The van der Waals surface area contributed by atoms with Crippen LogP contribution in [0.4, 0.5) is 11.4 Å². The molecule has 1 saturated heterocycles. The van der Waals surface area contributed by atoms with Crippen LogP contribution in [-0.2, 0) is 29.6 Å². The topological polar surface area (TPSA) is 127 Å². The lowest BCUT2D eigenvalue weighted by atomic mass is 9.95. The second-order valence-corrected chi connectivity index (χ2v) is 11.4. The molecule has 12 heteroatoms. The summed E-state index contributed by atoms with van der Waals surface area (Å²) in [6.07, 6.45) is 0. The lowest BCUT2D eigenvalue weighted by Crippen LogP contribution is -2.32. The van der Waals surface area contributed by atoms with E-state index in [0.29, 0.717) is 4.31 Å². The van der Waals surface area contributed by atoms with Crippen LogP contribution in [0, 0.1) is 5.41 Å². The van der Waals surface area contributed by atoms with Gasteiger partial charge in [0.05, 0.1) is 45.1 Å². The van der Waals surface area contributed by atoms with Crippen molar-refractivity contribution in [3.05, 3.63) is 53.1 Å². The molecule has 2 aromatic rings. The summed E-state index contributed by atoms with van der Waals surface area (Å²) in [5, 5.41) is 0.0591.